The molecule has 0 fully saturated rings. The zero-order valence-electron chi connectivity index (χ0n) is 8.00. The average Bonchev–Trinajstić information content (AvgIpc) is 2.39. The Kier molecular flexibility index (Phi) is 1.81. The third-order valence-corrected chi connectivity index (χ3v) is 2.24. The fourth-order valence-electron chi connectivity index (χ4n) is 1.59. The van der Waals surface area contributed by atoms with Gasteiger partial charge in [-0.15, -0.1) is 0 Å². The lowest BCUT2D eigenvalue weighted by Gasteiger charge is -1.92. The lowest BCUT2D eigenvalue weighted by atomic mass is 10.1. The molecule has 0 radical (unpaired) electrons. The van der Waals surface area contributed by atoms with E-state index in [1.54, 1.807) is 13.0 Å². The van der Waals surface area contributed by atoms with Crippen LogP contribution in [0.4, 0.5) is 0 Å². The van der Waals surface area contributed by atoms with Crippen molar-refractivity contribution >= 4 is 16.9 Å². The van der Waals surface area contributed by atoms with Gasteiger partial charge < -0.3 is 9.52 Å². The van der Waals surface area contributed by atoms with Gasteiger partial charge in [-0.25, -0.2) is 4.79 Å². The molecular formula is C11H10O3. The molecule has 0 aliphatic rings. The van der Waals surface area contributed by atoms with Gasteiger partial charge in [-0.3, -0.25) is 0 Å². The summed E-state index contributed by atoms with van der Waals surface area (Å²) in [5.41, 5.74) is 1.96. The Morgan fingerprint density at radius 3 is 2.71 bits per heavy atom. The maximum Gasteiger partial charge on any atom is 0.339 e. The van der Waals surface area contributed by atoms with E-state index in [0.717, 1.165) is 5.56 Å². The smallest absolute Gasteiger partial charge is 0.339 e. The number of carboxylic acid groups (broad SMARTS) is 1. The maximum absolute atomic E-state index is 10.9. The van der Waals surface area contributed by atoms with E-state index in [1.807, 2.05) is 19.1 Å². The van der Waals surface area contributed by atoms with Crippen LogP contribution < -0.4 is 0 Å². The van der Waals surface area contributed by atoms with Gasteiger partial charge in [-0.2, -0.15) is 0 Å². The van der Waals surface area contributed by atoms with E-state index in [9.17, 15) is 4.79 Å². The molecule has 72 valence electrons. The topological polar surface area (TPSA) is 50.4 Å². The molecule has 1 aromatic heterocycles. The van der Waals surface area contributed by atoms with E-state index >= 15 is 0 Å². The van der Waals surface area contributed by atoms with Crippen LogP contribution in [0.15, 0.2) is 22.6 Å². The molecule has 14 heavy (non-hydrogen) atoms. The number of aryl methyl sites for hydroxylation is 2. The van der Waals surface area contributed by atoms with Gasteiger partial charge in [0.2, 0.25) is 0 Å². The van der Waals surface area contributed by atoms with Crippen molar-refractivity contribution < 1.29 is 14.3 Å². The minimum Gasteiger partial charge on any atom is -0.478 e. The molecule has 0 aliphatic carbocycles. The quantitative estimate of drug-likeness (QED) is 0.752. The van der Waals surface area contributed by atoms with Gasteiger partial charge in [0.15, 0.2) is 0 Å². The van der Waals surface area contributed by atoms with Crippen LogP contribution in [0.1, 0.15) is 21.7 Å². The molecule has 0 atom stereocenters. The van der Waals surface area contributed by atoms with Crippen LogP contribution in [0.25, 0.3) is 11.0 Å². The van der Waals surface area contributed by atoms with Crippen molar-refractivity contribution in [1.29, 1.82) is 0 Å². The average molecular weight is 190 g/mol. The standard InChI is InChI=1S/C11H10O3/c1-6-3-4-8-9(5-6)14-7(2)10(8)11(12)13/h3-5H,1-2H3,(H,12,13). The van der Waals surface area contributed by atoms with Gasteiger partial charge in [0.1, 0.15) is 16.9 Å². The summed E-state index contributed by atoms with van der Waals surface area (Å²) in [7, 11) is 0. The van der Waals surface area contributed by atoms with E-state index < -0.39 is 5.97 Å². The zero-order valence-corrected chi connectivity index (χ0v) is 8.00. The number of furan rings is 1. The molecule has 3 nitrogen and oxygen atoms in total. The van der Waals surface area contributed by atoms with Crippen LogP contribution in [0, 0.1) is 13.8 Å². The minimum atomic E-state index is -0.940. The van der Waals surface area contributed by atoms with Gasteiger partial charge >= 0.3 is 5.97 Å². The molecule has 0 saturated heterocycles. The maximum atomic E-state index is 10.9. The van der Waals surface area contributed by atoms with Gasteiger partial charge in [0.25, 0.3) is 0 Å². The van der Waals surface area contributed by atoms with Gasteiger partial charge in [0.05, 0.1) is 0 Å². The SMILES string of the molecule is Cc1ccc2c(C(=O)O)c(C)oc2c1. The van der Waals surface area contributed by atoms with Gasteiger partial charge in [-0.05, 0) is 31.5 Å². The Morgan fingerprint density at radius 2 is 2.07 bits per heavy atom. The first-order chi connectivity index (χ1) is 6.59. The summed E-state index contributed by atoms with van der Waals surface area (Å²) in [6.45, 7) is 3.61. The van der Waals surface area contributed by atoms with Crippen LogP contribution in [0.2, 0.25) is 0 Å². The summed E-state index contributed by atoms with van der Waals surface area (Å²) in [6, 6.07) is 5.50. The number of carbonyl (C=O) groups is 1. The van der Waals surface area contributed by atoms with E-state index in [4.69, 9.17) is 9.52 Å². The number of fused-ring (bicyclic) bond motifs is 1. The van der Waals surface area contributed by atoms with Crippen molar-refractivity contribution in [1.82, 2.24) is 0 Å². The molecule has 1 aromatic carbocycles. The second kappa shape index (κ2) is 2.87. The molecule has 2 aromatic rings. The van der Waals surface area contributed by atoms with Crippen molar-refractivity contribution in [3.63, 3.8) is 0 Å². The van der Waals surface area contributed by atoms with Crippen molar-refractivity contribution in [2.45, 2.75) is 13.8 Å². The number of hydrogen-bond donors (Lipinski definition) is 1. The predicted molar refractivity (Wildman–Crippen MR) is 52.6 cm³/mol. The highest BCUT2D eigenvalue weighted by molar-refractivity contribution is 6.03. The monoisotopic (exact) mass is 190 g/mol. The minimum absolute atomic E-state index is 0.264. The Labute approximate surface area is 81.0 Å². The molecule has 1 N–H and O–H groups in total. The highest BCUT2D eigenvalue weighted by Gasteiger charge is 2.16. The molecule has 0 aliphatic heterocycles. The molecule has 0 saturated carbocycles. The molecule has 2 rings (SSSR count). The van der Waals surface area contributed by atoms with E-state index in [-0.39, 0.29) is 5.56 Å². The van der Waals surface area contributed by atoms with Crippen LogP contribution in [-0.2, 0) is 0 Å². The summed E-state index contributed by atoms with van der Waals surface area (Å²) >= 11 is 0. The molecule has 0 amide bonds. The first kappa shape index (κ1) is 8.81. The first-order valence-corrected chi connectivity index (χ1v) is 4.32. The Hall–Kier alpha value is -1.77. The molecule has 1 heterocycles. The van der Waals surface area contributed by atoms with Gasteiger partial charge in [0, 0.05) is 5.39 Å². The van der Waals surface area contributed by atoms with Crippen LogP contribution in [0.3, 0.4) is 0 Å². The normalized spacial score (nSPS) is 10.7. The van der Waals surface area contributed by atoms with E-state index in [2.05, 4.69) is 0 Å². The lowest BCUT2D eigenvalue weighted by Crippen LogP contribution is -1.96. The summed E-state index contributed by atoms with van der Waals surface area (Å²) in [6.07, 6.45) is 0. The van der Waals surface area contributed by atoms with Crippen molar-refractivity contribution in [3.05, 3.63) is 35.1 Å². The third-order valence-electron chi connectivity index (χ3n) is 2.24. The van der Waals surface area contributed by atoms with Gasteiger partial charge in [-0.1, -0.05) is 6.07 Å². The van der Waals surface area contributed by atoms with E-state index in [0.29, 0.717) is 16.7 Å². The predicted octanol–water partition coefficient (Wildman–Crippen LogP) is 2.75. The number of benzene rings is 1. The first-order valence-electron chi connectivity index (χ1n) is 4.32. The molecule has 3 heteroatoms. The Bertz CT molecular complexity index is 508. The summed E-state index contributed by atoms with van der Waals surface area (Å²) in [5.74, 6) is -0.483. The number of carboxylic acids is 1. The fourth-order valence-corrected chi connectivity index (χ4v) is 1.59. The number of aromatic carboxylic acids is 1. The Morgan fingerprint density at radius 1 is 1.36 bits per heavy atom. The van der Waals surface area contributed by atoms with Crippen molar-refractivity contribution in [2.75, 3.05) is 0 Å². The molecule has 0 bridgehead atoms. The lowest BCUT2D eigenvalue weighted by molar-refractivity contribution is 0.0697. The van der Waals surface area contributed by atoms with Crippen LogP contribution in [0.5, 0.6) is 0 Å². The number of rotatable bonds is 1. The van der Waals surface area contributed by atoms with Crippen molar-refractivity contribution in [2.24, 2.45) is 0 Å². The largest absolute Gasteiger partial charge is 0.478 e. The highest BCUT2D eigenvalue weighted by atomic mass is 16.4. The second-order valence-electron chi connectivity index (χ2n) is 3.34. The molecule has 0 spiro atoms. The molecular weight excluding hydrogens is 180 g/mol. The Balaban J connectivity index is 2.84. The highest BCUT2D eigenvalue weighted by Crippen LogP contribution is 2.26. The zero-order chi connectivity index (χ0) is 10.3. The fraction of sp³-hybridized carbons (Fsp3) is 0.182. The van der Waals surface area contributed by atoms with Crippen molar-refractivity contribution in [3.8, 4) is 0 Å². The van der Waals surface area contributed by atoms with E-state index in [1.165, 1.54) is 0 Å². The summed E-state index contributed by atoms with van der Waals surface area (Å²) in [4.78, 5) is 10.9. The number of hydrogen-bond acceptors (Lipinski definition) is 2. The molecule has 0 unspecified atom stereocenters. The van der Waals surface area contributed by atoms with Crippen LogP contribution in [-0.4, -0.2) is 11.1 Å². The summed E-state index contributed by atoms with van der Waals surface area (Å²) in [5, 5.41) is 9.63. The van der Waals surface area contributed by atoms with Crippen LogP contribution >= 0.6 is 0 Å². The third kappa shape index (κ3) is 1.18. The second-order valence-corrected chi connectivity index (χ2v) is 3.34. The summed E-state index contributed by atoms with van der Waals surface area (Å²) < 4.78 is 5.36.